The molecule has 2 unspecified atom stereocenters. The Bertz CT molecular complexity index is 328. The van der Waals surface area contributed by atoms with Gasteiger partial charge in [-0.3, -0.25) is 11.3 Å². The third kappa shape index (κ3) is 2.73. The summed E-state index contributed by atoms with van der Waals surface area (Å²) in [6, 6.07) is 3.05. The molecule has 0 saturated heterocycles. The van der Waals surface area contributed by atoms with Crippen LogP contribution in [0, 0.1) is 17.6 Å². The molecule has 0 fully saturated rings. The molecule has 84 valence electrons. The molecule has 1 aromatic rings. The van der Waals surface area contributed by atoms with E-state index in [1.54, 1.807) is 0 Å². The zero-order valence-corrected chi connectivity index (χ0v) is 8.93. The van der Waals surface area contributed by atoms with Gasteiger partial charge >= 0.3 is 0 Å². The molecule has 15 heavy (non-hydrogen) atoms. The SMILES string of the molecule is CCC(C)C(NN)c1cc(F)ccc1F. The highest BCUT2D eigenvalue weighted by atomic mass is 19.1. The summed E-state index contributed by atoms with van der Waals surface area (Å²) in [5.41, 5.74) is 2.81. The summed E-state index contributed by atoms with van der Waals surface area (Å²) in [4.78, 5) is 0. The maximum Gasteiger partial charge on any atom is 0.128 e. The number of nitrogens with one attached hydrogen (secondary N) is 1. The number of nitrogens with two attached hydrogens (primary N) is 1. The lowest BCUT2D eigenvalue weighted by Crippen LogP contribution is -2.33. The maximum absolute atomic E-state index is 13.4. The molecule has 0 aliphatic heterocycles. The van der Waals surface area contributed by atoms with Gasteiger partial charge < -0.3 is 0 Å². The standard InChI is InChI=1S/C11H16F2N2/c1-3-7(2)11(15-14)9-6-8(12)4-5-10(9)13/h4-7,11,15H,3,14H2,1-2H3. The Morgan fingerprint density at radius 3 is 2.60 bits per heavy atom. The Kier molecular flexibility index (Phi) is 4.17. The molecule has 2 atom stereocenters. The van der Waals surface area contributed by atoms with Gasteiger partial charge in [-0.15, -0.1) is 0 Å². The van der Waals surface area contributed by atoms with Gasteiger partial charge in [0.15, 0.2) is 0 Å². The van der Waals surface area contributed by atoms with E-state index in [0.29, 0.717) is 0 Å². The van der Waals surface area contributed by atoms with Crippen LogP contribution in [-0.4, -0.2) is 0 Å². The van der Waals surface area contributed by atoms with Crippen molar-refractivity contribution in [2.24, 2.45) is 11.8 Å². The Morgan fingerprint density at radius 1 is 1.40 bits per heavy atom. The van der Waals surface area contributed by atoms with Crippen LogP contribution in [0.4, 0.5) is 8.78 Å². The van der Waals surface area contributed by atoms with Crippen molar-refractivity contribution in [2.45, 2.75) is 26.3 Å². The first-order valence-corrected chi connectivity index (χ1v) is 5.01. The predicted octanol–water partition coefficient (Wildman–Crippen LogP) is 2.52. The summed E-state index contributed by atoms with van der Waals surface area (Å²) >= 11 is 0. The minimum absolute atomic E-state index is 0.145. The van der Waals surface area contributed by atoms with Crippen molar-refractivity contribution in [1.29, 1.82) is 0 Å². The van der Waals surface area contributed by atoms with Crippen LogP contribution in [0.15, 0.2) is 18.2 Å². The van der Waals surface area contributed by atoms with Gasteiger partial charge in [0.2, 0.25) is 0 Å². The van der Waals surface area contributed by atoms with E-state index >= 15 is 0 Å². The monoisotopic (exact) mass is 214 g/mol. The van der Waals surface area contributed by atoms with E-state index in [1.165, 1.54) is 6.07 Å². The van der Waals surface area contributed by atoms with E-state index in [1.807, 2.05) is 13.8 Å². The molecule has 0 spiro atoms. The van der Waals surface area contributed by atoms with Gasteiger partial charge in [0, 0.05) is 5.56 Å². The normalized spacial score (nSPS) is 15.0. The number of hydrazine groups is 1. The van der Waals surface area contributed by atoms with Gasteiger partial charge in [-0.1, -0.05) is 20.3 Å². The first-order valence-electron chi connectivity index (χ1n) is 5.01. The van der Waals surface area contributed by atoms with E-state index in [0.717, 1.165) is 18.6 Å². The molecule has 1 rings (SSSR count). The van der Waals surface area contributed by atoms with Gasteiger partial charge in [-0.25, -0.2) is 8.78 Å². The van der Waals surface area contributed by atoms with Crippen molar-refractivity contribution in [3.8, 4) is 0 Å². The summed E-state index contributed by atoms with van der Waals surface area (Å²) in [6.45, 7) is 3.92. The number of halogens is 2. The minimum atomic E-state index is -0.449. The van der Waals surface area contributed by atoms with Gasteiger partial charge in [0.1, 0.15) is 11.6 Å². The fourth-order valence-electron chi connectivity index (χ4n) is 1.55. The molecule has 1 aromatic carbocycles. The smallest absolute Gasteiger partial charge is 0.128 e. The molecule has 0 aliphatic rings. The molecular weight excluding hydrogens is 198 g/mol. The first-order chi connectivity index (χ1) is 7.10. The lowest BCUT2D eigenvalue weighted by atomic mass is 9.92. The summed E-state index contributed by atoms with van der Waals surface area (Å²) in [7, 11) is 0. The molecule has 3 N–H and O–H groups in total. The molecule has 0 amide bonds. The zero-order valence-electron chi connectivity index (χ0n) is 8.93. The molecular formula is C11H16F2N2. The molecule has 0 radical (unpaired) electrons. The summed E-state index contributed by atoms with van der Waals surface area (Å²) in [5, 5.41) is 0. The average molecular weight is 214 g/mol. The minimum Gasteiger partial charge on any atom is -0.271 e. The highest BCUT2D eigenvalue weighted by Crippen LogP contribution is 2.26. The number of hydrogen-bond acceptors (Lipinski definition) is 2. The third-order valence-corrected chi connectivity index (χ3v) is 2.69. The fourth-order valence-corrected chi connectivity index (χ4v) is 1.55. The third-order valence-electron chi connectivity index (χ3n) is 2.69. The topological polar surface area (TPSA) is 38.0 Å². The van der Waals surface area contributed by atoms with Gasteiger partial charge in [-0.2, -0.15) is 0 Å². The van der Waals surface area contributed by atoms with Crippen LogP contribution in [-0.2, 0) is 0 Å². The first kappa shape index (κ1) is 12.1. The maximum atomic E-state index is 13.4. The Morgan fingerprint density at radius 2 is 2.07 bits per heavy atom. The number of benzene rings is 1. The molecule has 2 nitrogen and oxygen atoms in total. The van der Waals surface area contributed by atoms with Crippen LogP contribution in [0.3, 0.4) is 0 Å². The molecule has 0 aliphatic carbocycles. The lowest BCUT2D eigenvalue weighted by molar-refractivity contribution is 0.369. The average Bonchev–Trinajstić information content (AvgIpc) is 2.23. The lowest BCUT2D eigenvalue weighted by Gasteiger charge is -2.22. The van der Waals surface area contributed by atoms with Crippen molar-refractivity contribution < 1.29 is 8.78 Å². The Labute approximate surface area is 88.4 Å². The Balaban J connectivity index is 3.05. The molecule has 0 aromatic heterocycles. The summed E-state index contributed by atoms with van der Waals surface area (Å²) in [5.74, 6) is 4.63. The van der Waals surface area contributed by atoms with E-state index < -0.39 is 11.6 Å². The van der Waals surface area contributed by atoms with Crippen LogP contribution in [0.5, 0.6) is 0 Å². The van der Waals surface area contributed by atoms with Crippen LogP contribution in [0.25, 0.3) is 0 Å². The predicted molar refractivity (Wildman–Crippen MR) is 55.9 cm³/mol. The zero-order chi connectivity index (χ0) is 11.4. The van der Waals surface area contributed by atoms with Gasteiger partial charge in [-0.05, 0) is 24.1 Å². The fraction of sp³-hybridized carbons (Fsp3) is 0.455. The molecule has 4 heteroatoms. The van der Waals surface area contributed by atoms with Crippen molar-refractivity contribution >= 4 is 0 Å². The van der Waals surface area contributed by atoms with Crippen LogP contribution >= 0.6 is 0 Å². The van der Waals surface area contributed by atoms with Crippen LogP contribution in [0.2, 0.25) is 0 Å². The largest absolute Gasteiger partial charge is 0.271 e. The van der Waals surface area contributed by atoms with Crippen molar-refractivity contribution in [2.75, 3.05) is 0 Å². The van der Waals surface area contributed by atoms with Crippen molar-refractivity contribution in [3.05, 3.63) is 35.4 Å². The van der Waals surface area contributed by atoms with Gasteiger partial charge in [0.05, 0.1) is 6.04 Å². The Hall–Kier alpha value is -1.00. The summed E-state index contributed by atoms with van der Waals surface area (Å²) < 4.78 is 26.4. The molecule has 0 heterocycles. The molecule has 0 bridgehead atoms. The van der Waals surface area contributed by atoms with Gasteiger partial charge in [0.25, 0.3) is 0 Å². The van der Waals surface area contributed by atoms with Crippen molar-refractivity contribution in [1.82, 2.24) is 5.43 Å². The molecule has 0 saturated carbocycles. The van der Waals surface area contributed by atoms with E-state index in [-0.39, 0.29) is 17.5 Å². The van der Waals surface area contributed by atoms with E-state index in [9.17, 15) is 8.78 Å². The second-order valence-electron chi connectivity index (χ2n) is 3.70. The second-order valence-corrected chi connectivity index (χ2v) is 3.70. The highest BCUT2D eigenvalue weighted by Gasteiger charge is 2.20. The highest BCUT2D eigenvalue weighted by molar-refractivity contribution is 5.22. The number of hydrogen-bond donors (Lipinski definition) is 2. The number of rotatable bonds is 4. The second kappa shape index (κ2) is 5.19. The van der Waals surface area contributed by atoms with Crippen molar-refractivity contribution in [3.63, 3.8) is 0 Å². The quantitative estimate of drug-likeness (QED) is 0.597. The van der Waals surface area contributed by atoms with Crippen LogP contribution in [0.1, 0.15) is 31.9 Å². The van der Waals surface area contributed by atoms with Crippen LogP contribution < -0.4 is 11.3 Å². The van der Waals surface area contributed by atoms with E-state index in [4.69, 9.17) is 5.84 Å². The van der Waals surface area contributed by atoms with E-state index in [2.05, 4.69) is 5.43 Å². The summed E-state index contributed by atoms with van der Waals surface area (Å²) in [6.07, 6.45) is 0.838.